The van der Waals surface area contributed by atoms with E-state index in [1.807, 2.05) is 0 Å². The first-order valence-corrected chi connectivity index (χ1v) is 5.56. The molecule has 0 unspecified atom stereocenters. The van der Waals surface area contributed by atoms with Crippen LogP contribution in [0.5, 0.6) is 0 Å². The van der Waals surface area contributed by atoms with E-state index in [0.29, 0.717) is 5.03 Å². The molecule has 5 nitrogen and oxygen atoms in total. The van der Waals surface area contributed by atoms with Crippen molar-refractivity contribution in [2.24, 2.45) is 0 Å². The van der Waals surface area contributed by atoms with Crippen molar-refractivity contribution < 1.29 is 19.1 Å². The Morgan fingerprint density at radius 3 is 2.33 bits per heavy atom. The number of thioether (sulfide) groups is 1. The van der Waals surface area contributed by atoms with Crippen LogP contribution in [0.3, 0.4) is 0 Å². The van der Waals surface area contributed by atoms with Crippen LogP contribution in [0.2, 0.25) is 0 Å². The van der Waals surface area contributed by atoms with Gasteiger partial charge in [-0.15, -0.1) is 11.8 Å². The molecule has 0 amide bonds. The van der Waals surface area contributed by atoms with E-state index >= 15 is 0 Å². The Bertz CT molecular complexity index is 331. The fourth-order valence-corrected chi connectivity index (χ4v) is 2.29. The van der Waals surface area contributed by atoms with Crippen molar-refractivity contribution in [2.75, 3.05) is 12.3 Å². The predicted molar refractivity (Wildman–Crippen MR) is 53.7 cm³/mol. The summed E-state index contributed by atoms with van der Waals surface area (Å²) in [4.78, 5) is 23.1. The Kier molecular flexibility index (Phi) is 2.38. The normalized spacial score (nSPS) is 24.7. The van der Waals surface area contributed by atoms with Gasteiger partial charge in [0, 0.05) is 26.1 Å². The van der Waals surface area contributed by atoms with Crippen molar-refractivity contribution in [3.05, 3.63) is 10.6 Å². The summed E-state index contributed by atoms with van der Waals surface area (Å²) in [5.41, 5.74) is -0.0168. The first-order valence-electron chi connectivity index (χ1n) is 4.57. The summed E-state index contributed by atoms with van der Waals surface area (Å²) in [7, 11) is 0. The quantitative estimate of drug-likeness (QED) is 0.368. The molecule has 2 aliphatic rings. The summed E-state index contributed by atoms with van der Waals surface area (Å²) in [5, 5.41) is 3.51. The summed E-state index contributed by atoms with van der Waals surface area (Å²) in [6, 6.07) is 0. The lowest BCUT2D eigenvalue weighted by molar-refractivity contribution is -0.222. The first kappa shape index (κ1) is 10.4. The van der Waals surface area contributed by atoms with Crippen LogP contribution >= 0.6 is 11.8 Å². The molecule has 0 spiro atoms. The third kappa shape index (κ3) is 1.94. The van der Waals surface area contributed by atoms with Crippen LogP contribution in [-0.2, 0) is 19.1 Å². The van der Waals surface area contributed by atoms with Gasteiger partial charge in [0.1, 0.15) is 0 Å². The van der Waals surface area contributed by atoms with Crippen LogP contribution in [0.25, 0.3) is 0 Å². The highest BCUT2D eigenvalue weighted by Crippen LogP contribution is 2.29. The molecule has 2 saturated heterocycles. The zero-order valence-electron chi connectivity index (χ0n) is 8.46. The molecule has 6 heteroatoms. The molecule has 15 heavy (non-hydrogen) atoms. The van der Waals surface area contributed by atoms with Gasteiger partial charge in [0.25, 0.3) is 5.79 Å². The van der Waals surface area contributed by atoms with Crippen molar-refractivity contribution in [1.29, 1.82) is 0 Å². The SMILES string of the molecule is CC1(C)OC(=O)C(=C2NCCS2)C(=O)O1. The molecule has 0 saturated carbocycles. The van der Waals surface area contributed by atoms with E-state index in [1.54, 1.807) is 0 Å². The zero-order chi connectivity index (χ0) is 11.1. The van der Waals surface area contributed by atoms with Crippen molar-refractivity contribution in [2.45, 2.75) is 19.6 Å². The summed E-state index contributed by atoms with van der Waals surface area (Å²) in [6.07, 6.45) is 0. The first-order chi connectivity index (χ1) is 6.99. The number of carbonyl (C=O) groups is 2. The summed E-state index contributed by atoms with van der Waals surface area (Å²) >= 11 is 1.42. The van der Waals surface area contributed by atoms with Crippen molar-refractivity contribution in [3.63, 3.8) is 0 Å². The predicted octanol–water partition coefficient (Wildman–Crippen LogP) is 0.371. The highest BCUT2D eigenvalue weighted by atomic mass is 32.2. The average molecular weight is 229 g/mol. The van der Waals surface area contributed by atoms with Crippen molar-refractivity contribution in [1.82, 2.24) is 5.32 Å². The Balaban J connectivity index is 2.31. The number of hydrogen-bond donors (Lipinski definition) is 1. The minimum atomic E-state index is -1.17. The second-order valence-corrected chi connectivity index (χ2v) is 4.76. The van der Waals surface area contributed by atoms with E-state index in [2.05, 4.69) is 5.32 Å². The number of rotatable bonds is 0. The molecule has 2 heterocycles. The van der Waals surface area contributed by atoms with E-state index in [-0.39, 0.29) is 5.57 Å². The molecule has 0 aromatic rings. The van der Waals surface area contributed by atoms with Crippen molar-refractivity contribution >= 4 is 23.7 Å². The van der Waals surface area contributed by atoms with Gasteiger partial charge in [-0.05, 0) is 0 Å². The lowest BCUT2D eigenvalue weighted by atomic mass is 10.2. The largest absolute Gasteiger partial charge is 0.419 e. The number of ether oxygens (including phenoxy) is 2. The lowest BCUT2D eigenvalue weighted by Gasteiger charge is -2.30. The molecular weight excluding hydrogens is 218 g/mol. The van der Waals surface area contributed by atoms with E-state index in [4.69, 9.17) is 9.47 Å². The number of carbonyl (C=O) groups excluding carboxylic acids is 2. The maximum absolute atomic E-state index is 11.6. The number of esters is 2. The Hall–Kier alpha value is -1.17. The number of nitrogens with one attached hydrogen (secondary N) is 1. The Labute approximate surface area is 91.2 Å². The highest BCUT2D eigenvalue weighted by molar-refractivity contribution is 8.03. The topological polar surface area (TPSA) is 64.6 Å². The monoisotopic (exact) mass is 229 g/mol. The van der Waals surface area contributed by atoms with Crippen LogP contribution < -0.4 is 5.32 Å². The van der Waals surface area contributed by atoms with E-state index < -0.39 is 17.7 Å². The van der Waals surface area contributed by atoms with Gasteiger partial charge in [-0.3, -0.25) is 0 Å². The Morgan fingerprint density at radius 2 is 1.87 bits per heavy atom. The summed E-state index contributed by atoms with van der Waals surface area (Å²) in [6.45, 7) is 3.80. The van der Waals surface area contributed by atoms with Crippen LogP contribution in [-0.4, -0.2) is 30.0 Å². The van der Waals surface area contributed by atoms with Gasteiger partial charge in [0.15, 0.2) is 5.57 Å². The summed E-state index contributed by atoms with van der Waals surface area (Å²) in [5.74, 6) is -1.56. The van der Waals surface area contributed by atoms with Gasteiger partial charge in [0.05, 0.1) is 5.03 Å². The maximum Gasteiger partial charge on any atom is 0.351 e. The zero-order valence-corrected chi connectivity index (χ0v) is 9.27. The molecule has 2 fully saturated rings. The molecule has 82 valence electrons. The maximum atomic E-state index is 11.6. The molecule has 1 N–H and O–H groups in total. The molecule has 0 aromatic heterocycles. The summed E-state index contributed by atoms with van der Waals surface area (Å²) < 4.78 is 9.95. The van der Waals surface area contributed by atoms with Crippen molar-refractivity contribution in [3.8, 4) is 0 Å². The minimum absolute atomic E-state index is 0.0168. The third-order valence-corrected chi connectivity index (χ3v) is 2.99. The van der Waals surface area contributed by atoms with Gasteiger partial charge < -0.3 is 14.8 Å². The van der Waals surface area contributed by atoms with E-state index in [0.717, 1.165) is 12.3 Å². The Morgan fingerprint density at radius 1 is 1.27 bits per heavy atom. The lowest BCUT2D eigenvalue weighted by Crippen LogP contribution is -2.42. The second kappa shape index (κ2) is 3.44. The molecule has 2 aliphatic heterocycles. The second-order valence-electron chi connectivity index (χ2n) is 3.66. The van der Waals surface area contributed by atoms with Crippen LogP contribution in [0.4, 0.5) is 0 Å². The van der Waals surface area contributed by atoms with Gasteiger partial charge in [-0.25, -0.2) is 9.59 Å². The molecule has 0 bridgehead atoms. The smallest absolute Gasteiger partial charge is 0.351 e. The number of cyclic esters (lactones) is 2. The third-order valence-electron chi connectivity index (χ3n) is 1.95. The van der Waals surface area contributed by atoms with E-state index in [1.165, 1.54) is 25.6 Å². The average Bonchev–Trinajstić information content (AvgIpc) is 2.52. The fraction of sp³-hybridized carbons (Fsp3) is 0.556. The molecule has 0 aromatic carbocycles. The fourth-order valence-electron chi connectivity index (χ4n) is 1.37. The van der Waals surface area contributed by atoms with E-state index in [9.17, 15) is 9.59 Å². The highest BCUT2D eigenvalue weighted by Gasteiger charge is 2.41. The van der Waals surface area contributed by atoms with Gasteiger partial charge >= 0.3 is 11.9 Å². The van der Waals surface area contributed by atoms with Gasteiger partial charge in [0.2, 0.25) is 0 Å². The minimum Gasteiger partial charge on any atom is -0.419 e. The van der Waals surface area contributed by atoms with Crippen LogP contribution in [0.1, 0.15) is 13.8 Å². The molecule has 0 atom stereocenters. The molecule has 2 rings (SSSR count). The van der Waals surface area contributed by atoms with Crippen LogP contribution in [0.15, 0.2) is 10.6 Å². The van der Waals surface area contributed by atoms with Gasteiger partial charge in [-0.1, -0.05) is 0 Å². The standard InChI is InChI=1S/C9H11NO4S/c1-9(2)13-7(11)5(8(12)14-9)6-10-3-4-15-6/h10H,3-4H2,1-2H3. The van der Waals surface area contributed by atoms with Gasteiger partial charge in [-0.2, -0.15) is 0 Å². The van der Waals surface area contributed by atoms with Crippen LogP contribution in [0, 0.1) is 0 Å². The molecule has 0 radical (unpaired) electrons. The molecule has 0 aliphatic carbocycles. The number of hydrogen-bond acceptors (Lipinski definition) is 6. The molecular formula is C9H11NO4S.